The van der Waals surface area contributed by atoms with Crippen LogP contribution in [0.2, 0.25) is 0 Å². The van der Waals surface area contributed by atoms with Gasteiger partial charge in [0, 0.05) is 0 Å². The summed E-state index contributed by atoms with van der Waals surface area (Å²) in [6.07, 6.45) is 1.32. The molecule has 5 heteroatoms. The molecule has 1 aromatic rings. The molecule has 0 aliphatic carbocycles. The van der Waals surface area contributed by atoms with Crippen molar-refractivity contribution in [1.82, 2.24) is 0 Å². The van der Waals surface area contributed by atoms with Crippen LogP contribution in [0.3, 0.4) is 0 Å². The number of rotatable bonds is 2. The lowest BCUT2D eigenvalue weighted by Crippen LogP contribution is -1.84. The van der Waals surface area contributed by atoms with Crippen LogP contribution in [0.4, 0.5) is 0 Å². The van der Waals surface area contributed by atoms with Crippen LogP contribution in [0.5, 0.6) is 0 Å². The summed E-state index contributed by atoms with van der Waals surface area (Å²) >= 11 is 7.65. The van der Waals surface area contributed by atoms with Gasteiger partial charge < -0.3 is 0 Å². The van der Waals surface area contributed by atoms with E-state index in [1.807, 2.05) is 0 Å². The highest BCUT2D eigenvalue weighted by molar-refractivity contribution is 9.12. The van der Waals surface area contributed by atoms with E-state index in [4.69, 9.17) is 0 Å². The van der Waals surface area contributed by atoms with E-state index in [9.17, 15) is 9.59 Å². The second-order valence-corrected chi connectivity index (χ2v) is 5.37. The molecule has 0 aromatic carbocycles. The fraction of sp³-hybridized carbons (Fsp3) is 0. The Kier molecular flexibility index (Phi) is 2.98. The maximum Gasteiger partial charge on any atom is 0.152 e. The summed E-state index contributed by atoms with van der Waals surface area (Å²) in [5.41, 5.74) is 0.828. The maximum absolute atomic E-state index is 10.4. The minimum Gasteiger partial charge on any atom is -0.298 e. The lowest BCUT2D eigenvalue weighted by molar-refractivity contribution is 0.109. The normalized spacial score (nSPS) is 9.64. The molecule has 0 saturated heterocycles. The van der Waals surface area contributed by atoms with E-state index in [0.717, 1.165) is 0 Å². The number of carbonyl (C=O) groups is 2. The van der Waals surface area contributed by atoms with E-state index in [1.165, 1.54) is 11.3 Å². The van der Waals surface area contributed by atoms with Gasteiger partial charge in [0.15, 0.2) is 12.6 Å². The molecule has 0 saturated carbocycles. The molecule has 0 radical (unpaired) electrons. The first-order chi connectivity index (χ1) is 5.20. The topological polar surface area (TPSA) is 34.1 Å². The molecule has 0 amide bonds. The van der Waals surface area contributed by atoms with Crippen molar-refractivity contribution >= 4 is 55.8 Å². The lowest BCUT2D eigenvalue weighted by atomic mass is 10.2. The van der Waals surface area contributed by atoms with Gasteiger partial charge in [0.2, 0.25) is 0 Å². The van der Waals surface area contributed by atoms with Gasteiger partial charge in [0.25, 0.3) is 0 Å². The Labute approximate surface area is 83.9 Å². The van der Waals surface area contributed by atoms with Gasteiger partial charge >= 0.3 is 0 Å². The highest BCUT2D eigenvalue weighted by Gasteiger charge is 2.12. The monoisotopic (exact) mass is 296 g/mol. The van der Waals surface area contributed by atoms with Crippen molar-refractivity contribution in [3.05, 3.63) is 18.7 Å². The van der Waals surface area contributed by atoms with Crippen LogP contribution in [-0.2, 0) is 0 Å². The van der Waals surface area contributed by atoms with Gasteiger partial charge in [0.1, 0.15) is 0 Å². The molecule has 0 unspecified atom stereocenters. The Bertz CT molecular complexity index is 277. The average Bonchev–Trinajstić information content (AvgIpc) is 2.24. The number of carbonyl (C=O) groups excluding carboxylic acids is 2. The number of hydrogen-bond donors (Lipinski definition) is 0. The van der Waals surface area contributed by atoms with Crippen LogP contribution in [0.25, 0.3) is 0 Å². The van der Waals surface area contributed by atoms with Gasteiger partial charge in [-0.15, -0.1) is 11.3 Å². The smallest absolute Gasteiger partial charge is 0.152 e. The molecule has 1 heterocycles. The Hall–Kier alpha value is -0.000000000000000167. The maximum atomic E-state index is 10.4. The molecule has 1 rings (SSSR count). The standard InChI is InChI=1S/C6H2Br2O2S/c7-5-3(1-9)4(2-10)6(8)11-5/h1-2H. The molecule has 0 bridgehead atoms. The molecule has 2 nitrogen and oxygen atoms in total. The van der Waals surface area contributed by atoms with Crippen molar-refractivity contribution in [2.24, 2.45) is 0 Å². The third kappa shape index (κ3) is 1.60. The zero-order chi connectivity index (χ0) is 8.43. The van der Waals surface area contributed by atoms with E-state index in [2.05, 4.69) is 31.9 Å². The summed E-state index contributed by atoms with van der Waals surface area (Å²) in [5.74, 6) is 0. The molecule has 0 spiro atoms. The average molecular weight is 298 g/mol. The minimum absolute atomic E-state index is 0.414. The Morgan fingerprint density at radius 2 is 1.36 bits per heavy atom. The molecule has 0 aliphatic heterocycles. The summed E-state index contributed by atoms with van der Waals surface area (Å²) in [4.78, 5) is 20.8. The summed E-state index contributed by atoms with van der Waals surface area (Å²) in [5, 5.41) is 0. The first-order valence-corrected chi connectivity index (χ1v) is 4.99. The molecular formula is C6H2Br2O2S. The van der Waals surface area contributed by atoms with Crippen LogP contribution < -0.4 is 0 Å². The summed E-state index contributed by atoms with van der Waals surface area (Å²) < 4.78 is 1.36. The fourth-order valence-electron chi connectivity index (χ4n) is 0.620. The minimum atomic E-state index is 0.414. The van der Waals surface area contributed by atoms with Crippen molar-refractivity contribution < 1.29 is 9.59 Å². The highest BCUT2D eigenvalue weighted by atomic mass is 79.9. The predicted octanol–water partition coefficient (Wildman–Crippen LogP) is 2.90. The second kappa shape index (κ2) is 3.60. The number of hydrogen-bond acceptors (Lipinski definition) is 3. The van der Waals surface area contributed by atoms with Crippen molar-refractivity contribution in [3.8, 4) is 0 Å². The van der Waals surface area contributed by atoms with Crippen LogP contribution >= 0.6 is 43.2 Å². The van der Waals surface area contributed by atoms with E-state index >= 15 is 0 Å². The lowest BCUT2D eigenvalue weighted by Gasteiger charge is -1.85. The SMILES string of the molecule is O=Cc1c(Br)sc(Br)c1C=O. The Morgan fingerprint density at radius 1 is 1.00 bits per heavy atom. The summed E-state index contributed by atoms with van der Waals surface area (Å²) in [6, 6.07) is 0. The number of aldehydes is 2. The van der Waals surface area contributed by atoms with E-state index in [0.29, 0.717) is 31.3 Å². The molecule has 11 heavy (non-hydrogen) atoms. The number of thiophene rings is 1. The van der Waals surface area contributed by atoms with E-state index in [-0.39, 0.29) is 0 Å². The van der Waals surface area contributed by atoms with Crippen LogP contribution in [0, 0.1) is 0 Å². The number of halogens is 2. The molecular weight excluding hydrogens is 296 g/mol. The first-order valence-electron chi connectivity index (χ1n) is 2.58. The van der Waals surface area contributed by atoms with Gasteiger partial charge in [-0.2, -0.15) is 0 Å². The third-order valence-corrected chi connectivity index (χ3v) is 3.75. The summed E-state index contributed by atoms with van der Waals surface area (Å²) in [6.45, 7) is 0. The second-order valence-electron chi connectivity index (χ2n) is 1.71. The molecule has 0 atom stereocenters. The van der Waals surface area contributed by atoms with E-state index < -0.39 is 0 Å². The van der Waals surface area contributed by atoms with Gasteiger partial charge in [-0.25, -0.2) is 0 Å². The van der Waals surface area contributed by atoms with E-state index in [1.54, 1.807) is 0 Å². The van der Waals surface area contributed by atoms with Gasteiger partial charge in [-0.1, -0.05) is 0 Å². The summed E-state index contributed by atoms with van der Waals surface area (Å²) in [7, 11) is 0. The van der Waals surface area contributed by atoms with Crippen LogP contribution in [0.15, 0.2) is 7.57 Å². The highest BCUT2D eigenvalue weighted by Crippen LogP contribution is 2.34. The van der Waals surface area contributed by atoms with Gasteiger partial charge in [-0.3, -0.25) is 9.59 Å². The molecule has 1 aromatic heterocycles. The van der Waals surface area contributed by atoms with Gasteiger partial charge in [0.05, 0.1) is 18.7 Å². The molecule has 58 valence electrons. The molecule has 0 aliphatic rings. The molecule has 0 fully saturated rings. The van der Waals surface area contributed by atoms with Crippen molar-refractivity contribution in [2.75, 3.05) is 0 Å². The fourth-order valence-corrected chi connectivity index (χ4v) is 3.55. The quantitative estimate of drug-likeness (QED) is 0.787. The Morgan fingerprint density at radius 3 is 1.64 bits per heavy atom. The van der Waals surface area contributed by atoms with Gasteiger partial charge in [-0.05, 0) is 31.9 Å². The third-order valence-electron chi connectivity index (χ3n) is 1.13. The molecule has 0 N–H and O–H groups in total. The van der Waals surface area contributed by atoms with Crippen molar-refractivity contribution in [1.29, 1.82) is 0 Å². The zero-order valence-corrected chi connectivity index (χ0v) is 9.12. The van der Waals surface area contributed by atoms with Crippen LogP contribution in [-0.4, -0.2) is 12.6 Å². The zero-order valence-electron chi connectivity index (χ0n) is 5.14. The first kappa shape index (κ1) is 9.09. The van der Waals surface area contributed by atoms with Crippen molar-refractivity contribution in [3.63, 3.8) is 0 Å². The van der Waals surface area contributed by atoms with Crippen molar-refractivity contribution in [2.45, 2.75) is 0 Å². The predicted molar refractivity (Wildman–Crippen MR) is 50.5 cm³/mol. The Balaban J connectivity index is 3.39. The van der Waals surface area contributed by atoms with Crippen LogP contribution in [0.1, 0.15) is 20.7 Å². The largest absolute Gasteiger partial charge is 0.298 e.